The van der Waals surface area contributed by atoms with Crippen LogP contribution in [0.3, 0.4) is 0 Å². The van der Waals surface area contributed by atoms with E-state index >= 15 is 0 Å². The third-order valence-corrected chi connectivity index (χ3v) is 5.44. The quantitative estimate of drug-likeness (QED) is 0.821. The van der Waals surface area contributed by atoms with E-state index in [9.17, 15) is 0 Å². The monoisotopic (exact) mass is 265 g/mol. The van der Waals surface area contributed by atoms with Gasteiger partial charge in [-0.15, -0.1) is 0 Å². The minimum Gasteiger partial charge on any atom is -0.314 e. The molecule has 2 aliphatic heterocycles. The Bertz CT molecular complexity index is 246. The van der Waals surface area contributed by atoms with Gasteiger partial charge in [-0.1, -0.05) is 12.8 Å². The van der Waals surface area contributed by atoms with E-state index < -0.39 is 0 Å². The smallest absolute Gasteiger partial charge is 0.0113 e. The van der Waals surface area contributed by atoms with Gasteiger partial charge in [0.2, 0.25) is 0 Å². The van der Waals surface area contributed by atoms with Crippen molar-refractivity contribution in [2.45, 2.75) is 63.5 Å². The summed E-state index contributed by atoms with van der Waals surface area (Å²) in [7, 11) is 0. The first-order chi connectivity index (χ1) is 9.42. The largest absolute Gasteiger partial charge is 0.314 e. The van der Waals surface area contributed by atoms with Gasteiger partial charge in [0.05, 0.1) is 0 Å². The van der Waals surface area contributed by atoms with Crippen LogP contribution in [0, 0.1) is 0 Å². The Hall–Kier alpha value is -0.120. The van der Waals surface area contributed by atoms with Gasteiger partial charge >= 0.3 is 0 Å². The number of hydrogen-bond donors (Lipinski definition) is 1. The zero-order chi connectivity index (χ0) is 12.9. The van der Waals surface area contributed by atoms with Gasteiger partial charge in [-0.05, 0) is 51.6 Å². The lowest BCUT2D eigenvalue weighted by Gasteiger charge is -2.38. The molecule has 3 aliphatic rings. The van der Waals surface area contributed by atoms with E-state index in [4.69, 9.17) is 0 Å². The summed E-state index contributed by atoms with van der Waals surface area (Å²) in [4.78, 5) is 5.46. The number of nitrogens with zero attached hydrogens (tertiary/aromatic N) is 2. The highest BCUT2D eigenvalue weighted by atomic mass is 15.3. The predicted octanol–water partition coefficient (Wildman–Crippen LogP) is 2.08. The van der Waals surface area contributed by atoms with Crippen LogP contribution in [0.5, 0.6) is 0 Å². The summed E-state index contributed by atoms with van der Waals surface area (Å²) in [6, 6.07) is 1.77. The van der Waals surface area contributed by atoms with Crippen molar-refractivity contribution in [1.29, 1.82) is 0 Å². The van der Waals surface area contributed by atoms with Crippen molar-refractivity contribution in [3.63, 3.8) is 0 Å². The number of hydrogen-bond acceptors (Lipinski definition) is 3. The third-order valence-electron chi connectivity index (χ3n) is 5.44. The Kier molecular flexibility index (Phi) is 5.14. The molecule has 0 aromatic heterocycles. The molecular formula is C16H31N3. The van der Waals surface area contributed by atoms with Crippen LogP contribution in [0.15, 0.2) is 0 Å². The minimum absolute atomic E-state index is 0.833. The Morgan fingerprint density at radius 3 is 2.37 bits per heavy atom. The maximum atomic E-state index is 3.61. The minimum atomic E-state index is 0.833. The molecule has 1 N–H and O–H groups in total. The fourth-order valence-electron chi connectivity index (χ4n) is 4.19. The molecule has 0 spiro atoms. The van der Waals surface area contributed by atoms with Crippen LogP contribution in [-0.2, 0) is 0 Å². The molecule has 19 heavy (non-hydrogen) atoms. The van der Waals surface area contributed by atoms with Crippen LogP contribution in [0.1, 0.15) is 51.4 Å². The SMILES string of the molecule is C1CNC(CCCN2CCN(C3CCCC3)CC2)C1. The first-order valence-corrected chi connectivity index (χ1v) is 8.61. The van der Waals surface area contributed by atoms with E-state index in [2.05, 4.69) is 15.1 Å². The maximum Gasteiger partial charge on any atom is 0.0113 e. The second-order valence-corrected chi connectivity index (χ2v) is 6.75. The summed E-state index contributed by atoms with van der Waals surface area (Å²) in [6.45, 7) is 7.86. The Labute approximate surface area is 118 Å². The number of nitrogens with one attached hydrogen (secondary N) is 1. The summed E-state index contributed by atoms with van der Waals surface area (Å²) in [5, 5.41) is 3.61. The maximum absolute atomic E-state index is 3.61. The van der Waals surface area contributed by atoms with E-state index in [1.165, 1.54) is 90.6 Å². The number of rotatable bonds is 5. The molecule has 0 aromatic carbocycles. The molecule has 1 unspecified atom stereocenters. The average Bonchev–Trinajstić information content (AvgIpc) is 3.13. The van der Waals surface area contributed by atoms with Gasteiger partial charge < -0.3 is 10.2 Å². The summed E-state index contributed by atoms with van der Waals surface area (Å²) >= 11 is 0. The fourth-order valence-corrected chi connectivity index (χ4v) is 4.19. The Morgan fingerprint density at radius 1 is 0.895 bits per heavy atom. The van der Waals surface area contributed by atoms with Gasteiger partial charge in [-0.3, -0.25) is 4.90 Å². The first kappa shape index (κ1) is 13.8. The van der Waals surface area contributed by atoms with Crippen molar-refractivity contribution in [3.8, 4) is 0 Å². The Morgan fingerprint density at radius 2 is 1.68 bits per heavy atom. The molecule has 3 fully saturated rings. The molecule has 3 rings (SSSR count). The van der Waals surface area contributed by atoms with E-state index in [1.807, 2.05) is 0 Å². The van der Waals surface area contributed by atoms with Crippen LogP contribution < -0.4 is 5.32 Å². The summed E-state index contributed by atoms with van der Waals surface area (Å²) in [5.74, 6) is 0. The lowest BCUT2D eigenvalue weighted by molar-refractivity contribution is 0.0964. The fraction of sp³-hybridized carbons (Fsp3) is 1.00. The first-order valence-electron chi connectivity index (χ1n) is 8.61. The van der Waals surface area contributed by atoms with E-state index in [0.29, 0.717) is 0 Å². The predicted molar refractivity (Wildman–Crippen MR) is 80.5 cm³/mol. The second-order valence-electron chi connectivity index (χ2n) is 6.75. The highest BCUT2D eigenvalue weighted by Crippen LogP contribution is 2.24. The van der Waals surface area contributed by atoms with Crippen molar-refractivity contribution in [1.82, 2.24) is 15.1 Å². The van der Waals surface area contributed by atoms with Crippen LogP contribution in [0.4, 0.5) is 0 Å². The lowest BCUT2D eigenvalue weighted by atomic mass is 10.1. The summed E-state index contributed by atoms with van der Waals surface area (Å²) in [5.41, 5.74) is 0. The highest BCUT2D eigenvalue weighted by Gasteiger charge is 2.25. The molecular weight excluding hydrogens is 234 g/mol. The van der Waals surface area contributed by atoms with Gasteiger partial charge in [-0.2, -0.15) is 0 Å². The number of piperazine rings is 1. The molecule has 1 saturated carbocycles. The normalized spacial score (nSPS) is 31.3. The summed E-state index contributed by atoms with van der Waals surface area (Å²) < 4.78 is 0. The molecule has 1 atom stereocenters. The molecule has 2 saturated heterocycles. The zero-order valence-corrected chi connectivity index (χ0v) is 12.4. The molecule has 0 aromatic rings. The summed E-state index contributed by atoms with van der Waals surface area (Å²) in [6.07, 6.45) is 11.5. The van der Waals surface area contributed by atoms with Crippen molar-refractivity contribution in [3.05, 3.63) is 0 Å². The molecule has 110 valence electrons. The van der Waals surface area contributed by atoms with E-state index in [0.717, 1.165) is 12.1 Å². The topological polar surface area (TPSA) is 18.5 Å². The van der Waals surface area contributed by atoms with Gasteiger partial charge in [0.1, 0.15) is 0 Å². The van der Waals surface area contributed by atoms with Gasteiger partial charge in [0.25, 0.3) is 0 Å². The molecule has 1 aliphatic carbocycles. The van der Waals surface area contributed by atoms with Crippen LogP contribution >= 0.6 is 0 Å². The second kappa shape index (κ2) is 7.05. The average molecular weight is 265 g/mol. The van der Waals surface area contributed by atoms with Gasteiger partial charge in [0, 0.05) is 38.3 Å². The van der Waals surface area contributed by atoms with Crippen LogP contribution in [0.25, 0.3) is 0 Å². The van der Waals surface area contributed by atoms with Gasteiger partial charge in [0.15, 0.2) is 0 Å². The molecule has 2 heterocycles. The van der Waals surface area contributed by atoms with Crippen molar-refractivity contribution < 1.29 is 0 Å². The Balaban J connectivity index is 1.29. The zero-order valence-electron chi connectivity index (χ0n) is 12.4. The van der Waals surface area contributed by atoms with E-state index in [-0.39, 0.29) is 0 Å². The highest BCUT2D eigenvalue weighted by molar-refractivity contribution is 4.82. The van der Waals surface area contributed by atoms with E-state index in [1.54, 1.807) is 0 Å². The molecule has 0 bridgehead atoms. The molecule has 3 nitrogen and oxygen atoms in total. The lowest BCUT2D eigenvalue weighted by Crippen LogP contribution is -2.49. The van der Waals surface area contributed by atoms with Crippen LogP contribution in [-0.4, -0.2) is 61.2 Å². The van der Waals surface area contributed by atoms with Crippen molar-refractivity contribution in [2.75, 3.05) is 39.3 Å². The molecule has 0 amide bonds. The van der Waals surface area contributed by atoms with Gasteiger partial charge in [-0.25, -0.2) is 0 Å². The molecule has 3 heteroatoms. The van der Waals surface area contributed by atoms with Crippen molar-refractivity contribution in [2.24, 2.45) is 0 Å². The third kappa shape index (κ3) is 3.93. The standard InChI is InChI=1S/C16H31N3/c1-2-8-16(7-1)19-13-11-18(12-14-19)10-4-6-15-5-3-9-17-15/h15-17H,1-14H2. The van der Waals surface area contributed by atoms with Crippen LogP contribution in [0.2, 0.25) is 0 Å². The van der Waals surface area contributed by atoms with Crippen molar-refractivity contribution >= 4 is 0 Å². The molecule has 0 radical (unpaired) electrons.